The van der Waals surface area contributed by atoms with Crippen LogP contribution < -0.4 is 5.32 Å². The molecule has 0 aromatic rings. The zero-order valence-electron chi connectivity index (χ0n) is 11.3. The van der Waals surface area contributed by atoms with Gasteiger partial charge in [-0.25, -0.2) is 4.79 Å². The highest BCUT2D eigenvalue weighted by Crippen LogP contribution is 2.22. The molecule has 0 aromatic carbocycles. The maximum Gasteiger partial charge on any atom is 0.405 e. The maximum absolute atomic E-state index is 10.6. The van der Waals surface area contributed by atoms with Crippen LogP contribution >= 0.6 is 0 Å². The molecule has 1 aliphatic carbocycles. The van der Waals surface area contributed by atoms with Gasteiger partial charge in [-0.05, 0) is 40.2 Å². The summed E-state index contributed by atoms with van der Waals surface area (Å²) in [7, 11) is 2.16. The Labute approximate surface area is 104 Å². The lowest BCUT2D eigenvalue weighted by Gasteiger charge is -2.34. The van der Waals surface area contributed by atoms with Crippen molar-refractivity contribution < 1.29 is 9.90 Å². The molecule has 1 fully saturated rings. The molecule has 4 nitrogen and oxygen atoms in total. The zero-order chi connectivity index (χ0) is 12.9. The van der Waals surface area contributed by atoms with Gasteiger partial charge in [0.2, 0.25) is 0 Å². The van der Waals surface area contributed by atoms with E-state index >= 15 is 0 Å². The summed E-state index contributed by atoms with van der Waals surface area (Å²) in [5.74, 6) is 0. The van der Waals surface area contributed by atoms with Crippen molar-refractivity contribution in [2.24, 2.45) is 0 Å². The highest BCUT2D eigenvalue weighted by Gasteiger charge is 2.23. The molecule has 17 heavy (non-hydrogen) atoms. The van der Waals surface area contributed by atoms with Crippen LogP contribution in [0, 0.1) is 0 Å². The standard InChI is InChI=1S/C13H26N2O2/c1-13(2,14-12(16)17)9-10-15(3)11-7-5-4-6-8-11/h11,14H,4-10H2,1-3H3,(H,16,17). The second-order valence-corrected chi connectivity index (χ2v) is 5.84. The lowest BCUT2D eigenvalue weighted by Crippen LogP contribution is -2.46. The number of carboxylic acid groups (broad SMARTS) is 1. The van der Waals surface area contributed by atoms with Crippen LogP contribution in [0.2, 0.25) is 0 Å². The second kappa shape index (κ2) is 6.24. The Bertz CT molecular complexity index is 248. The first kappa shape index (κ1) is 14.3. The Morgan fingerprint density at radius 2 is 1.94 bits per heavy atom. The first-order valence-electron chi connectivity index (χ1n) is 6.62. The summed E-state index contributed by atoms with van der Waals surface area (Å²) >= 11 is 0. The van der Waals surface area contributed by atoms with Gasteiger partial charge in [0.1, 0.15) is 0 Å². The quantitative estimate of drug-likeness (QED) is 0.779. The van der Waals surface area contributed by atoms with E-state index in [2.05, 4.69) is 17.3 Å². The Hall–Kier alpha value is -0.770. The number of nitrogens with one attached hydrogen (secondary N) is 1. The minimum atomic E-state index is -0.935. The first-order chi connectivity index (χ1) is 7.91. The normalized spacial score (nSPS) is 18.4. The number of carbonyl (C=O) groups is 1. The van der Waals surface area contributed by atoms with Gasteiger partial charge in [0.15, 0.2) is 0 Å². The average Bonchev–Trinajstić information content (AvgIpc) is 2.25. The molecular weight excluding hydrogens is 216 g/mol. The van der Waals surface area contributed by atoms with Crippen LogP contribution in [0.3, 0.4) is 0 Å². The van der Waals surface area contributed by atoms with E-state index in [0.717, 1.165) is 13.0 Å². The molecule has 4 heteroatoms. The van der Waals surface area contributed by atoms with Gasteiger partial charge in [0, 0.05) is 18.1 Å². The predicted octanol–water partition coefficient (Wildman–Crippen LogP) is 2.69. The van der Waals surface area contributed by atoms with Gasteiger partial charge in [-0.3, -0.25) is 0 Å². The Morgan fingerprint density at radius 3 is 2.47 bits per heavy atom. The van der Waals surface area contributed by atoms with Crippen molar-refractivity contribution in [2.75, 3.05) is 13.6 Å². The van der Waals surface area contributed by atoms with Crippen LogP contribution in [0.15, 0.2) is 0 Å². The molecule has 100 valence electrons. The topological polar surface area (TPSA) is 52.6 Å². The minimum Gasteiger partial charge on any atom is -0.465 e. The maximum atomic E-state index is 10.6. The molecule has 1 aliphatic rings. The molecule has 0 aliphatic heterocycles. The first-order valence-corrected chi connectivity index (χ1v) is 6.62. The number of rotatable bonds is 5. The minimum absolute atomic E-state index is 0.339. The van der Waals surface area contributed by atoms with E-state index < -0.39 is 6.09 Å². The van der Waals surface area contributed by atoms with Crippen LogP contribution in [-0.2, 0) is 0 Å². The van der Waals surface area contributed by atoms with Gasteiger partial charge in [0.05, 0.1) is 0 Å². The van der Waals surface area contributed by atoms with Crippen LogP contribution in [0.5, 0.6) is 0 Å². The van der Waals surface area contributed by atoms with Gasteiger partial charge in [-0.2, -0.15) is 0 Å². The third kappa shape index (κ3) is 5.39. The largest absolute Gasteiger partial charge is 0.465 e. The second-order valence-electron chi connectivity index (χ2n) is 5.84. The van der Waals surface area contributed by atoms with E-state index in [4.69, 9.17) is 5.11 Å². The zero-order valence-corrected chi connectivity index (χ0v) is 11.3. The van der Waals surface area contributed by atoms with E-state index in [1.165, 1.54) is 32.1 Å². The molecule has 0 bridgehead atoms. The molecular formula is C13H26N2O2. The SMILES string of the molecule is CN(CCC(C)(C)NC(=O)O)C1CCCCC1. The molecule has 0 spiro atoms. The summed E-state index contributed by atoms with van der Waals surface area (Å²) in [6.45, 7) is 4.84. The number of hydrogen-bond acceptors (Lipinski definition) is 2. The summed E-state index contributed by atoms with van der Waals surface area (Å²) < 4.78 is 0. The smallest absolute Gasteiger partial charge is 0.405 e. The Morgan fingerprint density at radius 1 is 1.35 bits per heavy atom. The summed E-state index contributed by atoms with van der Waals surface area (Å²) in [6, 6.07) is 0.698. The highest BCUT2D eigenvalue weighted by atomic mass is 16.4. The third-order valence-corrected chi connectivity index (χ3v) is 3.73. The molecule has 0 atom stereocenters. The van der Waals surface area contributed by atoms with E-state index in [1.807, 2.05) is 13.8 Å². The molecule has 0 unspecified atom stereocenters. The fourth-order valence-electron chi connectivity index (χ4n) is 2.51. The fraction of sp³-hybridized carbons (Fsp3) is 0.923. The Balaban J connectivity index is 2.30. The van der Waals surface area contributed by atoms with Gasteiger partial charge in [-0.1, -0.05) is 19.3 Å². The molecule has 0 heterocycles. The third-order valence-electron chi connectivity index (χ3n) is 3.73. The van der Waals surface area contributed by atoms with Crippen molar-refractivity contribution >= 4 is 6.09 Å². The monoisotopic (exact) mass is 242 g/mol. The van der Waals surface area contributed by atoms with Crippen molar-refractivity contribution in [1.29, 1.82) is 0 Å². The van der Waals surface area contributed by atoms with Gasteiger partial charge >= 0.3 is 6.09 Å². The van der Waals surface area contributed by atoms with Crippen LogP contribution in [0.25, 0.3) is 0 Å². The van der Waals surface area contributed by atoms with Gasteiger partial charge in [0.25, 0.3) is 0 Å². The van der Waals surface area contributed by atoms with E-state index in [0.29, 0.717) is 6.04 Å². The molecule has 0 saturated heterocycles. The summed E-state index contributed by atoms with van der Waals surface area (Å²) in [4.78, 5) is 13.0. The molecule has 0 aromatic heterocycles. The molecule has 1 saturated carbocycles. The lowest BCUT2D eigenvalue weighted by molar-refractivity contribution is 0.160. The van der Waals surface area contributed by atoms with E-state index in [-0.39, 0.29) is 5.54 Å². The fourth-order valence-corrected chi connectivity index (χ4v) is 2.51. The van der Waals surface area contributed by atoms with Crippen molar-refractivity contribution in [3.63, 3.8) is 0 Å². The van der Waals surface area contributed by atoms with Crippen LogP contribution in [0.1, 0.15) is 52.4 Å². The molecule has 1 amide bonds. The molecule has 1 rings (SSSR count). The highest BCUT2D eigenvalue weighted by molar-refractivity contribution is 5.65. The predicted molar refractivity (Wildman–Crippen MR) is 69.4 cm³/mol. The summed E-state index contributed by atoms with van der Waals surface area (Å²) in [5, 5.41) is 11.3. The van der Waals surface area contributed by atoms with Crippen LogP contribution in [0.4, 0.5) is 4.79 Å². The average molecular weight is 242 g/mol. The number of hydrogen-bond donors (Lipinski definition) is 2. The summed E-state index contributed by atoms with van der Waals surface area (Å²) in [6.07, 6.45) is 6.56. The Kier molecular flexibility index (Phi) is 5.25. The summed E-state index contributed by atoms with van der Waals surface area (Å²) in [5.41, 5.74) is -0.339. The molecule has 0 radical (unpaired) electrons. The van der Waals surface area contributed by atoms with E-state index in [9.17, 15) is 4.79 Å². The number of amides is 1. The van der Waals surface area contributed by atoms with Crippen molar-refractivity contribution in [1.82, 2.24) is 10.2 Å². The van der Waals surface area contributed by atoms with Gasteiger partial charge in [-0.15, -0.1) is 0 Å². The molecule has 2 N–H and O–H groups in total. The van der Waals surface area contributed by atoms with Crippen molar-refractivity contribution in [2.45, 2.75) is 64.0 Å². The van der Waals surface area contributed by atoms with Crippen LogP contribution in [-0.4, -0.2) is 41.3 Å². The van der Waals surface area contributed by atoms with Crippen molar-refractivity contribution in [3.05, 3.63) is 0 Å². The van der Waals surface area contributed by atoms with Gasteiger partial charge < -0.3 is 15.3 Å². The lowest BCUT2D eigenvalue weighted by atomic mass is 9.93. The van der Waals surface area contributed by atoms with E-state index in [1.54, 1.807) is 0 Å². The number of nitrogens with zero attached hydrogens (tertiary/aromatic N) is 1. The van der Waals surface area contributed by atoms with Crippen molar-refractivity contribution in [3.8, 4) is 0 Å².